The number of amides is 4. The Morgan fingerprint density at radius 3 is 2.39 bits per heavy atom. The molecule has 4 amide bonds. The fourth-order valence-corrected chi connectivity index (χ4v) is 8.80. The number of nitrogens with one attached hydrogen (secondary N) is 2. The number of alkyl halides is 3. The van der Waals surface area contributed by atoms with Crippen LogP contribution in [0.1, 0.15) is 111 Å². The SMILES string of the molecule is CC.CC(C)(OC(N)=O)C(F)(F)F.CCOc1cc2ccnc(O[C@@H]3C[C@H]4C(=O)N[C@]5(C(=O)NS(=O)(=O)C6CC6)C[C@H]5/C=C\CC[C@@H](C)C[C@@H](CC)CC(=O)N4C3)c2cc1F.[HH].[HH].[HH]. The average molecular weight is 892 g/mol. The van der Waals surface area contributed by atoms with Crippen molar-refractivity contribution in [2.75, 3.05) is 13.2 Å². The lowest BCUT2D eigenvalue weighted by molar-refractivity contribution is -0.243. The van der Waals surface area contributed by atoms with E-state index >= 15 is 0 Å². The summed E-state index contributed by atoms with van der Waals surface area (Å²) in [7, 11) is -3.84. The first kappa shape index (κ1) is 49.0. The maximum Gasteiger partial charge on any atom is 0.427 e. The van der Waals surface area contributed by atoms with Gasteiger partial charge in [-0.3, -0.25) is 19.1 Å². The molecular weight excluding hydrogens is 827 g/mol. The van der Waals surface area contributed by atoms with Gasteiger partial charge in [0, 0.05) is 34.6 Å². The molecule has 0 radical (unpaired) electrons. The van der Waals surface area contributed by atoms with Gasteiger partial charge in [-0.25, -0.2) is 22.6 Å². The number of sulfonamides is 1. The number of ether oxygens (including phenoxy) is 3. The van der Waals surface area contributed by atoms with Gasteiger partial charge in [-0.05, 0) is 94.7 Å². The van der Waals surface area contributed by atoms with Crippen molar-refractivity contribution in [2.45, 2.75) is 141 Å². The molecule has 346 valence electrons. The molecule has 3 fully saturated rings. The summed E-state index contributed by atoms with van der Waals surface area (Å²) < 4.78 is 93.6. The number of aromatic nitrogens is 1. The van der Waals surface area contributed by atoms with Crippen LogP contribution in [0.3, 0.4) is 0 Å². The third-order valence-electron chi connectivity index (χ3n) is 11.2. The van der Waals surface area contributed by atoms with Crippen LogP contribution in [0.4, 0.5) is 22.4 Å². The zero-order chi connectivity index (χ0) is 45.5. The number of carbonyl (C=O) groups excluding carboxylic acids is 4. The highest BCUT2D eigenvalue weighted by Crippen LogP contribution is 2.46. The van der Waals surface area contributed by atoms with E-state index in [1.54, 1.807) is 25.3 Å². The minimum Gasteiger partial charge on any atom is -0.491 e. The Morgan fingerprint density at radius 2 is 1.80 bits per heavy atom. The van der Waals surface area contributed by atoms with Crippen LogP contribution in [0.5, 0.6) is 11.6 Å². The van der Waals surface area contributed by atoms with Gasteiger partial charge in [-0.2, -0.15) is 13.2 Å². The number of halogens is 4. The predicted molar refractivity (Wildman–Crippen MR) is 226 cm³/mol. The Hall–Kier alpha value is -4.68. The standard InChI is InChI=1S/C35H45FN4O7S.C5H8F3NO2.C2H6.3H2/c1-4-22-14-21(3)8-6-7-9-24-19-35(24,34(43)39-48(44,45)26-10-11-26)38-32(42)29-17-25(20-40(29)31(41)15-22)47-33-27-18-28(36)30(46-5-2)16-23(27)12-13-37-33;1-4(2,5(6,7)8)11-3(9)10;1-2;;;/h7,9,12-13,16,18,21-22,24-26,29H,4-6,8,10-11,14-15,17,19-20H2,1-3H3,(H,38,42)(H,39,43);1-2H3,(H2,9,10);1-2H3;3*1H/b9-7-;;;;;/t21-,22-,24-,25-,29+,35-;;;;;/m1...../s1. The quantitative estimate of drug-likeness (QED) is 0.167. The number of fused-ring (bicyclic) bond motifs is 3. The van der Waals surface area contributed by atoms with Crippen LogP contribution < -0.4 is 25.2 Å². The van der Waals surface area contributed by atoms with Gasteiger partial charge in [-0.15, -0.1) is 0 Å². The fraction of sp³-hybridized carbons (Fsp3) is 0.643. The van der Waals surface area contributed by atoms with Crippen LogP contribution in [0, 0.1) is 23.6 Å². The van der Waals surface area contributed by atoms with Crippen molar-refractivity contribution >= 4 is 44.6 Å². The number of hydrogen-bond donors (Lipinski definition) is 3. The maximum atomic E-state index is 14.9. The van der Waals surface area contributed by atoms with Crippen molar-refractivity contribution in [1.29, 1.82) is 0 Å². The van der Waals surface area contributed by atoms with E-state index < -0.39 is 68.5 Å². The highest BCUT2D eigenvalue weighted by Gasteiger charge is 2.62. The second-order valence-electron chi connectivity index (χ2n) is 16.3. The summed E-state index contributed by atoms with van der Waals surface area (Å²) in [5, 5.41) is 3.38. The Bertz CT molecular complexity index is 2060. The topological polar surface area (TPSA) is 196 Å². The molecule has 2 aliphatic carbocycles. The molecule has 0 spiro atoms. The van der Waals surface area contributed by atoms with Crippen LogP contribution in [0.2, 0.25) is 0 Å². The van der Waals surface area contributed by atoms with Crippen LogP contribution in [-0.4, -0.2) is 90.0 Å². The number of benzene rings is 1. The summed E-state index contributed by atoms with van der Waals surface area (Å²) in [6, 6.07) is 3.65. The minimum atomic E-state index is -4.60. The smallest absolute Gasteiger partial charge is 0.427 e. The number of carbonyl (C=O) groups is 4. The zero-order valence-electron chi connectivity index (χ0n) is 35.8. The monoisotopic (exact) mass is 891 g/mol. The molecule has 19 heteroatoms. The first-order chi connectivity index (χ1) is 28.6. The Kier molecular flexibility index (Phi) is 16.1. The molecule has 2 aromatic rings. The van der Waals surface area contributed by atoms with Gasteiger partial charge in [-0.1, -0.05) is 46.3 Å². The van der Waals surface area contributed by atoms with Gasteiger partial charge in [0.1, 0.15) is 17.7 Å². The first-order valence-corrected chi connectivity index (χ1v) is 22.4. The molecule has 0 unspecified atom stereocenters. The number of nitrogens with two attached hydrogens (primary N) is 1. The maximum absolute atomic E-state index is 14.9. The van der Waals surface area contributed by atoms with E-state index in [-0.39, 0.29) is 59.5 Å². The van der Waals surface area contributed by atoms with Crippen molar-refractivity contribution in [3.8, 4) is 11.6 Å². The highest BCUT2D eigenvalue weighted by molar-refractivity contribution is 7.91. The van der Waals surface area contributed by atoms with Crippen LogP contribution >= 0.6 is 0 Å². The highest BCUT2D eigenvalue weighted by atomic mass is 32.2. The lowest BCUT2D eigenvalue weighted by Crippen LogP contribution is -2.56. The number of rotatable bonds is 9. The van der Waals surface area contributed by atoms with E-state index in [1.165, 1.54) is 11.0 Å². The molecule has 6 rings (SSSR count). The summed E-state index contributed by atoms with van der Waals surface area (Å²) in [6.45, 7) is 11.8. The number of pyridine rings is 1. The predicted octanol–water partition coefficient (Wildman–Crippen LogP) is 7.58. The molecule has 1 saturated heterocycles. The third kappa shape index (κ3) is 12.2. The van der Waals surface area contributed by atoms with Crippen LogP contribution in [0.25, 0.3) is 10.8 Å². The first-order valence-electron chi connectivity index (χ1n) is 20.9. The summed E-state index contributed by atoms with van der Waals surface area (Å²) in [5.74, 6) is -1.64. The average Bonchev–Trinajstić information content (AvgIpc) is 4.10. The van der Waals surface area contributed by atoms with E-state index in [9.17, 15) is 45.2 Å². The fourth-order valence-electron chi connectivity index (χ4n) is 7.43. The summed E-state index contributed by atoms with van der Waals surface area (Å²) in [6.07, 6.45) is 3.75. The Labute approximate surface area is 359 Å². The number of primary amides is 1. The largest absolute Gasteiger partial charge is 0.491 e. The van der Waals surface area contributed by atoms with Gasteiger partial charge in [0.05, 0.1) is 18.4 Å². The molecule has 6 atom stereocenters. The van der Waals surface area contributed by atoms with E-state index in [0.717, 1.165) is 39.5 Å². The van der Waals surface area contributed by atoms with Crippen molar-refractivity contribution in [1.82, 2.24) is 19.9 Å². The van der Waals surface area contributed by atoms with Gasteiger partial charge in [0.15, 0.2) is 11.6 Å². The number of hydrogen-bond acceptors (Lipinski definition) is 10. The summed E-state index contributed by atoms with van der Waals surface area (Å²) >= 11 is 0. The molecule has 1 aromatic carbocycles. The molecule has 0 bridgehead atoms. The second kappa shape index (κ2) is 20.0. The lowest BCUT2D eigenvalue weighted by Gasteiger charge is -2.28. The summed E-state index contributed by atoms with van der Waals surface area (Å²) in [5.41, 5.74) is 0.462. The Morgan fingerprint density at radius 1 is 1.11 bits per heavy atom. The normalized spacial score (nSPS) is 26.3. The minimum absolute atomic E-state index is 0. The van der Waals surface area contributed by atoms with Crippen molar-refractivity contribution in [3.63, 3.8) is 0 Å². The van der Waals surface area contributed by atoms with E-state index in [4.69, 9.17) is 9.47 Å². The molecule has 14 nitrogen and oxygen atoms in total. The Balaban J connectivity index is 0.00000113. The molecular formula is C42H65F4N5O9S. The van der Waals surface area contributed by atoms with E-state index in [2.05, 4.69) is 39.3 Å². The molecule has 1 aromatic heterocycles. The van der Waals surface area contributed by atoms with Gasteiger partial charge in [0.25, 0.3) is 5.91 Å². The van der Waals surface area contributed by atoms with Crippen molar-refractivity contribution in [2.24, 2.45) is 23.5 Å². The number of allylic oxidation sites excluding steroid dienone is 1. The zero-order valence-corrected chi connectivity index (χ0v) is 36.6. The van der Waals surface area contributed by atoms with E-state index in [1.807, 2.05) is 26.0 Å². The van der Waals surface area contributed by atoms with Crippen LogP contribution in [-0.2, 0) is 29.1 Å². The summed E-state index contributed by atoms with van der Waals surface area (Å²) in [4.78, 5) is 57.4. The lowest BCUT2D eigenvalue weighted by atomic mass is 9.88. The number of nitrogens with zero attached hydrogens (tertiary/aromatic N) is 2. The van der Waals surface area contributed by atoms with Crippen molar-refractivity contribution < 1.29 is 63.6 Å². The third-order valence-corrected chi connectivity index (χ3v) is 13.0. The molecule has 3 heterocycles. The molecule has 61 heavy (non-hydrogen) atoms. The van der Waals surface area contributed by atoms with Crippen molar-refractivity contribution in [3.05, 3.63) is 42.4 Å². The molecule has 4 N–H and O–H groups in total. The molecule has 4 aliphatic rings. The van der Waals surface area contributed by atoms with Crippen LogP contribution in [0.15, 0.2) is 36.5 Å². The van der Waals surface area contributed by atoms with Gasteiger partial charge >= 0.3 is 12.3 Å². The molecule has 2 aliphatic heterocycles. The van der Waals surface area contributed by atoms with E-state index in [0.29, 0.717) is 36.1 Å². The second-order valence-corrected chi connectivity index (χ2v) is 18.3. The van der Waals surface area contributed by atoms with Gasteiger partial charge in [0.2, 0.25) is 33.3 Å². The molecule has 2 saturated carbocycles. The van der Waals surface area contributed by atoms with Gasteiger partial charge < -0.3 is 30.2 Å².